The second-order valence-corrected chi connectivity index (χ2v) is 3.12. The van der Waals surface area contributed by atoms with E-state index in [2.05, 4.69) is 15.9 Å². The zero-order valence-electron chi connectivity index (χ0n) is 5.52. The van der Waals surface area contributed by atoms with E-state index in [1.807, 2.05) is 0 Å². The molecule has 0 heterocycles. The Morgan fingerprint density at radius 3 is 2.64 bits per heavy atom. The minimum absolute atomic E-state index is 0.425. The lowest BCUT2D eigenvalue weighted by Crippen LogP contribution is -1.72. The zero-order chi connectivity index (χ0) is 8.27. The van der Waals surface area contributed by atoms with Crippen molar-refractivity contribution in [1.82, 2.24) is 0 Å². The van der Waals surface area contributed by atoms with Gasteiger partial charge in [-0.3, -0.25) is 0 Å². The molecule has 0 bridgehead atoms. The van der Waals surface area contributed by atoms with Crippen LogP contribution >= 0.6 is 27.5 Å². The van der Waals surface area contributed by atoms with E-state index in [0.717, 1.165) is 0 Å². The Morgan fingerprint density at radius 1 is 1.45 bits per heavy atom. The minimum atomic E-state index is -0.425. The first-order valence-electron chi connectivity index (χ1n) is 2.97. The van der Waals surface area contributed by atoms with Crippen LogP contribution in [0.15, 0.2) is 29.0 Å². The fraction of sp³-hybridized carbons (Fsp3) is 0. The van der Waals surface area contributed by atoms with Crippen molar-refractivity contribution in [1.29, 1.82) is 0 Å². The molecule has 0 aliphatic carbocycles. The summed E-state index contributed by atoms with van der Waals surface area (Å²) in [5.74, 6) is 0. The van der Waals surface area contributed by atoms with Gasteiger partial charge in [-0.05, 0) is 33.6 Å². The van der Waals surface area contributed by atoms with Gasteiger partial charge >= 0.3 is 0 Å². The summed E-state index contributed by atoms with van der Waals surface area (Å²) in [6.07, 6.45) is 1.32. The number of rotatable bonds is 1. The van der Waals surface area contributed by atoms with Crippen LogP contribution in [0, 0.1) is 0 Å². The Bertz CT molecular complexity index is 279. The fourth-order valence-corrected chi connectivity index (χ4v) is 1.15. The molecule has 3 heteroatoms. The zero-order valence-corrected chi connectivity index (χ0v) is 7.86. The molecule has 58 valence electrons. The van der Waals surface area contributed by atoms with Crippen molar-refractivity contribution >= 4 is 33.6 Å². The predicted octanol–water partition coefficient (Wildman–Crippen LogP) is 4.00. The van der Waals surface area contributed by atoms with Crippen molar-refractivity contribution in [2.24, 2.45) is 0 Å². The molecule has 0 radical (unpaired) electrons. The first-order valence-corrected chi connectivity index (χ1v) is 4.14. The van der Waals surface area contributed by atoms with E-state index in [1.54, 1.807) is 24.3 Å². The SMILES string of the molecule is F/C(Br)=C/c1ccccc1Cl. The summed E-state index contributed by atoms with van der Waals surface area (Å²) in [6, 6.07) is 7.05. The third kappa shape index (κ3) is 2.64. The maximum Gasteiger partial charge on any atom is 0.166 e. The van der Waals surface area contributed by atoms with Crippen molar-refractivity contribution in [3.8, 4) is 0 Å². The van der Waals surface area contributed by atoms with E-state index in [1.165, 1.54) is 6.08 Å². The van der Waals surface area contributed by atoms with Gasteiger partial charge in [0.2, 0.25) is 0 Å². The van der Waals surface area contributed by atoms with Gasteiger partial charge in [-0.1, -0.05) is 29.8 Å². The van der Waals surface area contributed by atoms with Gasteiger partial charge in [-0.25, -0.2) is 0 Å². The Morgan fingerprint density at radius 2 is 2.09 bits per heavy atom. The molecule has 0 nitrogen and oxygen atoms in total. The van der Waals surface area contributed by atoms with Gasteiger partial charge < -0.3 is 0 Å². The molecule has 0 aliphatic heterocycles. The molecule has 0 N–H and O–H groups in total. The van der Waals surface area contributed by atoms with Crippen LogP contribution in [-0.2, 0) is 0 Å². The Kier molecular flexibility index (Phi) is 3.09. The molecular formula is C8H5BrClF. The summed E-state index contributed by atoms with van der Waals surface area (Å²) in [6.45, 7) is 0. The summed E-state index contributed by atoms with van der Waals surface area (Å²) >= 11 is 8.42. The van der Waals surface area contributed by atoms with Crippen molar-refractivity contribution in [3.63, 3.8) is 0 Å². The summed E-state index contributed by atoms with van der Waals surface area (Å²) in [5.41, 5.74) is 0.670. The maximum absolute atomic E-state index is 12.3. The third-order valence-electron chi connectivity index (χ3n) is 1.17. The van der Waals surface area contributed by atoms with Crippen LogP contribution in [0.4, 0.5) is 4.39 Å². The molecule has 0 saturated carbocycles. The van der Waals surface area contributed by atoms with Crippen LogP contribution in [0.3, 0.4) is 0 Å². The van der Waals surface area contributed by atoms with E-state index in [9.17, 15) is 4.39 Å². The molecule has 0 spiro atoms. The van der Waals surface area contributed by atoms with E-state index >= 15 is 0 Å². The quantitative estimate of drug-likeness (QED) is 0.690. The highest BCUT2D eigenvalue weighted by Gasteiger charge is 1.95. The highest BCUT2D eigenvalue weighted by atomic mass is 79.9. The standard InChI is InChI=1S/C8H5BrClF/c9-8(11)5-6-3-1-2-4-7(6)10/h1-5H/b8-5+. The molecular weight excluding hydrogens is 230 g/mol. The Labute approximate surface area is 77.8 Å². The van der Waals surface area contributed by atoms with Gasteiger partial charge in [0.25, 0.3) is 0 Å². The molecule has 0 aliphatic rings. The minimum Gasteiger partial charge on any atom is -0.199 e. The lowest BCUT2D eigenvalue weighted by atomic mass is 10.2. The first kappa shape index (κ1) is 8.75. The second kappa shape index (κ2) is 3.88. The van der Waals surface area contributed by atoms with Crippen LogP contribution in [0.5, 0.6) is 0 Å². The summed E-state index contributed by atoms with van der Waals surface area (Å²) in [7, 11) is 0. The van der Waals surface area contributed by atoms with E-state index in [-0.39, 0.29) is 0 Å². The molecule has 0 unspecified atom stereocenters. The number of benzene rings is 1. The van der Waals surface area contributed by atoms with Crippen molar-refractivity contribution in [3.05, 3.63) is 39.6 Å². The molecule has 1 rings (SSSR count). The highest BCUT2D eigenvalue weighted by molar-refractivity contribution is 9.11. The Balaban J connectivity index is 3.04. The van der Waals surface area contributed by atoms with Gasteiger partial charge in [0.15, 0.2) is 4.74 Å². The molecule has 1 aromatic carbocycles. The van der Waals surface area contributed by atoms with E-state index < -0.39 is 4.74 Å². The molecule has 0 amide bonds. The normalized spacial score (nSPS) is 11.7. The predicted molar refractivity (Wildman–Crippen MR) is 49.5 cm³/mol. The summed E-state index contributed by atoms with van der Waals surface area (Å²) < 4.78 is 11.9. The number of halogens is 3. The van der Waals surface area contributed by atoms with Gasteiger partial charge in [-0.2, -0.15) is 4.39 Å². The van der Waals surface area contributed by atoms with Crippen LogP contribution in [0.25, 0.3) is 6.08 Å². The molecule has 1 aromatic rings. The monoisotopic (exact) mass is 234 g/mol. The summed E-state index contributed by atoms with van der Waals surface area (Å²) in [5, 5.41) is 0.544. The lowest BCUT2D eigenvalue weighted by Gasteiger charge is -1.94. The fourth-order valence-electron chi connectivity index (χ4n) is 0.710. The van der Waals surface area contributed by atoms with Gasteiger partial charge in [-0.15, -0.1) is 0 Å². The van der Waals surface area contributed by atoms with E-state index in [4.69, 9.17) is 11.6 Å². The van der Waals surface area contributed by atoms with Gasteiger partial charge in [0.05, 0.1) is 0 Å². The maximum atomic E-state index is 12.3. The van der Waals surface area contributed by atoms with Gasteiger partial charge in [0, 0.05) is 5.02 Å². The van der Waals surface area contributed by atoms with Crippen molar-refractivity contribution in [2.45, 2.75) is 0 Å². The molecule has 0 atom stereocenters. The smallest absolute Gasteiger partial charge is 0.166 e. The van der Waals surface area contributed by atoms with Crippen LogP contribution in [0.1, 0.15) is 5.56 Å². The topological polar surface area (TPSA) is 0 Å². The largest absolute Gasteiger partial charge is 0.199 e. The lowest BCUT2D eigenvalue weighted by molar-refractivity contribution is 0.712. The van der Waals surface area contributed by atoms with Gasteiger partial charge in [0.1, 0.15) is 0 Å². The first-order chi connectivity index (χ1) is 5.20. The van der Waals surface area contributed by atoms with Crippen molar-refractivity contribution < 1.29 is 4.39 Å². The van der Waals surface area contributed by atoms with Crippen LogP contribution in [-0.4, -0.2) is 0 Å². The average Bonchev–Trinajstić information content (AvgIpc) is 1.93. The molecule has 11 heavy (non-hydrogen) atoms. The molecule has 0 saturated heterocycles. The van der Waals surface area contributed by atoms with Crippen LogP contribution < -0.4 is 0 Å². The highest BCUT2D eigenvalue weighted by Crippen LogP contribution is 2.20. The third-order valence-corrected chi connectivity index (χ3v) is 1.74. The van der Waals surface area contributed by atoms with E-state index in [0.29, 0.717) is 10.6 Å². The molecule has 0 aromatic heterocycles. The Hall–Kier alpha value is -0.340. The van der Waals surface area contributed by atoms with Crippen LogP contribution in [0.2, 0.25) is 5.02 Å². The average molecular weight is 235 g/mol. The number of hydrogen-bond acceptors (Lipinski definition) is 0. The summed E-state index contributed by atoms with van der Waals surface area (Å²) in [4.78, 5) is 0. The van der Waals surface area contributed by atoms with Crippen molar-refractivity contribution in [2.75, 3.05) is 0 Å². The number of hydrogen-bond donors (Lipinski definition) is 0. The molecule has 0 fully saturated rings. The second-order valence-electron chi connectivity index (χ2n) is 1.96.